The van der Waals surface area contributed by atoms with E-state index in [4.69, 9.17) is 0 Å². The third-order valence-electron chi connectivity index (χ3n) is 2.01. The van der Waals surface area contributed by atoms with E-state index in [1.165, 1.54) is 23.1 Å². The highest BCUT2D eigenvalue weighted by Gasteiger charge is 2.11. The Kier molecular flexibility index (Phi) is 2.56. The van der Waals surface area contributed by atoms with Crippen molar-refractivity contribution < 1.29 is 9.18 Å². The van der Waals surface area contributed by atoms with Gasteiger partial charge in [0.2, 0.25) is 0 Å². The fraction of sp³-hybridized carbons (Fsp3) is 0.100. The highest BCUT2D eigenvalue weighted by Crippen LogP contribution is 2.33. The number of aldehydes is 1. The van der Waals surface area contributed by atoms with Crippen molar-refractivity contribution in [3.8, 4) is 0 Å². The predicted octanol–water partition coefficient (Wildman–Crippen LogP) is 3.57. The van der Waals surface area contributed by atoms with Crippen LogP contribution >= 0.6 is 23.1 Å². The molecule has 0 atom stereocenters. The van der Waals surface area contributed by atoms with Crippen LogP contribution in [0.3, 0.4) is 0 Å². The van der Waals surface area contributed by atoms with Crippen LogP contribution in [-0.2, 0) is 0 Å². The minimum atomic E-state index is -0.408. The summed E-state index contributed by atoms with van der Waals surface area (Å²) >= 11 is 3.02. The summed E-state index contributed by atoms with van der Waals surface area (Å²) < 4.78 is 14.5. The van der Waals surface area contributed by atoms with E-state index < -0.39 is 5.82 Å². The van der Waals surface area contributed by atoms with Crippen LogP contribution in [-0.4, -0.2) is 12.5 Å². The van der Waals surface area contributed by atoms with Gasteiger partial charge in [0.1, 0.15) is 5.82 Å². The molecule has 1 heterocycles. The summed E-state index contributed by atoms with van der Waals surface area (Å²) in [6, 6.07) is 3.31. The first kappa shape index (κ1) is 9.68. The standard InChI is InChI=1S/C10H7FOS2/c1-13-8-4-6(5-12)9(11)7-2-3-14-10(7)8/h2-5H,1H3. The number of benzene rings is 1. The summed E-state index contributed by atoms with van der Waals surface area (Å²) in [7, 11) is 0. The molecular formula is C10H7FOS2. The van der Waals surface area contributed by atoms with Gasteiger partial charge < -0.3 is 0 Å². The van der Waals surface area contributed by atoms with Crippen molar-refractivity contribution in [2.45, 2.75) is 4.90 Å². The first-order valence-electron chi connectivity index (χ1n) is 3.96. The minimum absolute atomic E-state index is 0.139. The second kappa shape index (κ2) is 3.71. The van der Waals surface area contributed by atoms with E-state index in [1.807, 2.05) is 11.6 Å². The summed E-state index contributed by atoms with van der Waals surface area (Å²) in [6.07, 6.45) is 2.48. The zero-order chi connectivity index (χ0) is 10.1. The van der Waals surface area contributed by atoms with Gasteiger partial charge in [-0.05, 0) is 23.8 Å². The van der Waals surface area contributed by atoms with Crippen molar-refractivity contribution in [3.05, 3.63) is 28.9 Å². The van der Waals surface area contributed by atoms with Gasteiger partial charge in [-0.2, -0.15) is 0 Å². The molecule has 0 unspecified atom stereocenters. The fourth-order valence-electron chi connectivity index (χ4n) is 1.34. The Morgan fingerprint density at radius 2 is 2.36 bits per heavy atom. The van der Waals surface area contributed by atoms with E-state index in [-0.39, 0.29) is 5.56 Å². The molecule has 14 heavy (non-hydrogen) atoms. The van der Waals surface area contributed by atoms with E-state index in [9.17, 15) is 9.18 Å². The molecule has 4 heteroatoms. The summed E-state index contributed by atoms with van der Waals surface area (Å²) in [5.41, 5.74) is 0.139. The van der Waals surface area contributed by atoms with Crippen molar-refractivity contribution in [2.24, 2.45) is 0 Å². The lowest BCUT2D eigenvalue weighted by Gasteiger charge is -2.02. The Hall–Kier alpha value is -0.870. The molecule has 1 nitrogen and oxygen atoms in total. The SMILES string of the molecule is CSc1cc(C=O)c(F)c2ccsc12. The molecule has 1 aromatic heterocycles. The van der Waals surface area contributed by atoms with E-state index in [1.54, 1.807) is 12.1 Å². The monoisotopic (exact) mass is 226 g/mol. The number of hydrogen-bond donors (Lipinski definition) is 0. The summed E-state index contributed by atoms with van der Waals surface area (Å²) in [5.74, 6) is -0.408. The molecule has 0 aliphatic carbocycles. The first-order valence-corrected chi connectivity index (χ1v) is 6.07. The molecule has 0 fully saturated rings. The number of hydrogen-bond acceptors (Lipinski definition) is 3. The first-order chi connectivity index (χ1) is 6.77. The maximum atomic E-state index is 13.6. The van der Waals surface area contributed by atoms with Crippen LogP contribution in [0.1, 0.15) is 10.4 Å². The number of carbonyl (C=O) groups excluding carboxylic acids is 1. The van der Waals surface area contributed by atoms with Gasteiger partial charge in [0.15, 0.2) is 6.29 Å². The van der Waals surface area contributed by atoms with Crippen LogP contribution in [0.25, 0.3) is 10.1 Å². The molecule has 2 rings (SSSR count). The Bertz CT molecular complexity index is 490. The third-order valence-corrected chi connectivity index (χ3v) is 3.85. The molecule has 0 N–H and O–H groups in total. The Morgan fingerprint density at radius 3 is 3.00 bits per heavy atom. The molecule has 0 spiro atoms. The Balaban J connectivity index is 2.86. The van der Waals surface area contributed by atoms with Gasteiger partial charge >= 0.3 is 0 Å². The molecule has 0 saturated carbocycles. The van der Waals surface area contributed by atoms with Crippen LogP contribution in [0.4, 0.5) is 4.39 Å². The highest BCUT2D eigenvalue weighted by atomic mass is 32.2. The maximum Gasteiger partial charge on any atom is 0.153 e. The molecule has 0 aliphatic rings. The van der Waals surface area contributed by atoms with Gasteiger partial charge in [-0.15, -0.1) is 23.1 Å². The topological polar surface area (TPSA) is 17.1 Å². The second-order valence-corrected chi connectivity index (χ2v) is 4.53. The molecule has 0 bridgehead atoms. The fourth-order valence-corrected chi connectivity index (χ4v) is 3.07. The van der Waals surface area contributed by atoms with Crippen LogP contribution < -0.4 is 0 Å². The van der Waals surface area contributed by atoms with Gasteiger partial charge in [-0.25, -0.2) is 4.39 Å². The number of thiophene rings is 1. The van der Waals surface area contributed by atoms with Crippen molar-refractivity contribution in [2.75, 3.05) is 6.26 Å². The number of rotatable bonds is 2. The molecule has 0 amide bonds. The van der Waals surface area contributed by atoms with Crippen LogP contribution in [0.2, 0.25) is 0 Å². The minimum Gasteiger partial charge on any atom is -0.298 e. The highest BCUT2D eigenvalue weighted by molar-refractivity contribution is 7.99. The van der Waals surface area contributed by atoms with Crippen LogP contribution in [0.5, 0.6) is 0 Å². The van der Waals surface area contributed by atoms with Gasteiger partial charge in [0.25, 0.3) is 0 Å². The number of carbonyl (C=O) groups is 1. The zero-order valence-corrected chi connectivity index (χ0v) is 9.05. The summed E-state index contributed by atoms with van der Waals surface area (Å²) in [4.78, 5) is 11.6. The van der Waals surface area contributed by atoms with Gasteiger partial charge in [-0.3, -0.25) is 4.79 Å². The second-order valence-electron chi connectivity index (χ2n) is 2.76. The lowest BCUT2D eigenvalue weighted by Crippen LogP contribution is -1.88. The van der Waals surface area contributed by atoms with E-state index >= 15 is 0 Å². The van der Waals surface area contributed by atoms with Crippen LogP contribution in [0, 0.1) is 5.82 Å². The van der Waals surface area contributed by atoms with E-state index in [2.05, 4.69) is 0 Å². The van der Waals surface area contributed by atoms with Gasteiger partial charge in [0.05, 0.1) is 10.3 Å². The normalized spacial score (nSPS) is 10.7. The van der Waals surface area contributed by atoms with E-state index in [0.29, 0.717) is 11.7 Å². The molecule has 0 aliphatic heterocycles. The van der Waals surface area contributed by atoms with Crippen molar-refractivity contribution in [1.29, 1.82) is 0 Å². The van der Waals surface area contributed by atoms with E-state index in [0.717, 1.165) is 9.60 Å². The number of thioether (sulfide) groups is 1. The Labute approximate surface area is 88.9 Å². The number of halogens is 1. The molecule has 2 aromatic rings. The van der Waals surface area contributed by atoms with Crippen molar-refractivity contribution in [1.82, 2.24) is 0 Å². The summed E-state index contributed by atoms with van der Waals surface area (Å²) in [6.45, 7) is 0. The summed E-state index contributed by atoms with van der Waals surface area (Å²) in [5, 5.41) is 2.38. The molecule has 1 aromatic carbocycles. The maximum absolute atomic E-state index is 13.6. The zero-order valence-electron chi connectivity index (χ0n) is 7.41. The predicted molar refractivity (Wildman–Crippen MR) is 59.0 cm³/mol. The quantitative estimate of drug-likeness (QED) is 0.575. The average molecular weight is 226 g/mol. The smallest absolute Gasteiger partial charge is 0.153 e. The average Bonchev–Trinajstić information content (AvgIpc) is 2.68. The lowest BCUT2D eigenvalue weighted by atomic mass is 10.1. The lowest BCUT2D eigenvalue weighted by molar-refractivity contribution is 0.112. The third kappa shape index (κ3) is 1.35. The Morgan fingerprint density at radius 1 is 1.57 bits per heavy atom. The molecule has 0 saturated heterocycles. The molecule has 0 radical (unpaired) electrons. The largest absolute Gasteiger partial charge is 0.298 e. The van der Waals surface area contributed by atoms with Crippen molar-refractivity contribution >= 4 is 39.5 Å². The number of fused-ring (bicyclic) bond motifs is 1. The molecule has 72 valence electrons. The van der Waals surface area contributed by atoms with Crippen molar-refractivity contribution in [3.63, 3.8) is 0 Å². The molecular weight excluding hydrogens is 219 g/mol. The van der Waals surface area contributed by atoms with Gasteiger partial charge in [-0.1, -0.05) is 0 Å². The van der Waals surface area contributed by atoms with Gasteiger partial charge in [0, 0.05) is 10.3 Å². The van der Waals surface area contributed by atoms with Crippen LogP contribution in [0.15, 0.2) is 22.4 Å².